The molecule has 30 heavy (non-hydrogen) atoms. The first kappa shape index (κ1) is 25.2. The predicted octanol–water partition coefficient (Wildman–Crippen LogP) is 4.25. The number of nitrogens with two attached hydrogens (primary N) is 1. The van der Waals surface area contributed by atoms with Crippen molar-refractivity contribution in [2.45, 2.75) is 59.7 Å². The van der Waals surface area contributed by atoms with Crippen LogP contribution in [0.15, 0.2) is 54.6 Å². The summed E-state index contributed by atoms with van der Waals surface area (Å²) in [7, 11) is 0. The lowest BCUT2D eigenvalue weighted by Gasteiger charge is -2.23. The Labute approximate surface area is 181 Å². The van der Waals surface area contributed by atoms with Crippen molar-refractivity contribution < 1.29 is 9.90 Å². The number of nitrogens with one attached hydrogen (secondary N) is 1. The molecule has 0 aromatic heterocycles. The fourth-order valence-electron chi connectivity index (χ4n) is 2.81. The van der Waals surface area contributed by atoms with Crippen LogP contribution in [0.5, 0.6) is 0 Å². The van der Waals surface area contributed by atoms with Crippen LogP contribution in [0.2, 0.25) is 0 Å². The van der Waals surface area contributed by atoms with Crippen LogP contribution in [0, 0.1) is 11.8 Å². The molecular weight excluding hydrogens is 372 g/mol. The monoisotopic (exact) mass is 406 g/mol. The SMILES string of the molecule is CC.CC/C=C(/NC(C(C)=O)C(C)N)c1ccc(C#Cc2ccc(CO)cc2)cc1. The first-order valence-corrected chi connectivity index (χ1v) is 10.5. The minimum absolute atomic E-state index is 0.0201. The molecule has 0 bridgehead atoms. The maximum atomic E-state index is 11.9. The van der Waals surface area contributed by atoms with E-state index in [4.69, 9.17) is 10.8 Å². The molecular formula is C26H34N2O2. The molecule has 0 aliphatic rings. The quantitative estimate of drug-likeness (QED) is 0.601. The molecule has 0 heterocycles. The topological polar surface area (TPSA) is 75.4 Å². The highest BCUT2D eigenvalue weighted by atomic mass is 16.3. The summed E-state index contributed by atoms with van der Waals surface area (Å²) in [6, 6.07) is 14.7. The van der Waals surface area contributed by atoms with E-state index in [1.54, 1.807) is 6.92 Å². The molecule has 0 fully saturated rings. The molecule has 4 nitrogen and oxygen atoms in total. The van der Waals surface area contributed by atoms with E-state index in [0.29, 0.717) is 0 Å². The van der Waals surface area contributed by atoms with Gasteiger partial charge >= 0.3 is 0 Å². The van der Waals surface area contributed by atoms with E-state index in [2.05, 4.69) is 30.2 Å². The van der Waals surface area contributed by atoms with Crippen molar-refractivity contribution in [2.75, 3.05) is 0 Å². The Bertz CT molecular complexity index is 870. The minimum Gasteiger partial charge on any atom is -0.392 e. The molecule has 2 aromatic carbocycles. The highest BCUT2D eigenvalue weighted by Gasteiger charge is 2.19. The first-order chi connectivity index (χ1) is 14.4. The third-order valence-corrected chi connectivity index (χ3v) is 4.37. The van der Waals surface area contributed by atoms with E-state index in [-0.39, 0.29) is 18.4 Å². The van der Waals surface area contributed by atoms with E-state index in [9.17, 15) is 4.79 Å². The Morgan fingerprint density at radius 1 is 1.07 bits per heavy atom. The molecule has 0 saturated carbocycles. The number of hydrogen-bond acceptors (Lipinski definition) is 4. The highest BCUT2D eigenvalue weighted by molar-refractivity contribution is 5.84. The van der Waals surface area contributed by atoms with Gasteiger partial charge in [0.25, 0.3) is 0 Å². The fraction of sp³-hybridized carbons (Fsp3) is 0.346. The Hall–Kier alpha value is -2.87. The average molecular weight is 407 g/mol. The van der Waals surface area contributed by atoms with Gasteiger partial charge in [0.15, 0.2) is 5.78 Å². The van der Waals surface area contributed by atoms with Crippen molar-refractivity contribution in [3.63, 3.8) is 0 Å². The second-order valence-corrected chi connectivity index (χ2v) is 6.80. The molecule has 2 atom stereocenters. The summed E-state index contributed by atoms with van der Waals surface area (Å²) in [4.78, 5) is 11.9. The lowest BCUT2D eigenvalue weighted by atomic mass is 10.0. The minimum atomic E-state index is -0.417. The van der Waals surface area contributed by atoms with Crippen LogP contribution in [0.3, 0.4) is 0 Å². The van der Waals surface area contributed by atoms with E-state index < -0.39 is 6.04 Å². The van der Waals surface area contributed by atoms with Crippen LogP contribution in [0.25, 0.3) is 5.70 Å². The summed E-state index contributed by atoms with van der Waals surface area (Å²) < 4.78 is 0. The largest absolute Gasteiger partial charge is 0.392 e. The van der Waals surface area contributed by atoms with Gasteiger partial charge in [-0.2, -0.15) is 0 Å². The van der Waals surface area contributed by atoms with E-state index in [0.717, 1.165) is 34.4 Å². The predicted molar refractivity (Wildman–Crippen MR) is 126 cm³/mol. The highest BCUT2D eigenvalue weighted by Crippen LogP contribution is 2.15. The Kier molecular flexibility index (Phi) is 11.2. The number of benzene rings is 2. The van der Waals surface area contributed by atoms with Gasteiger partial charge in [-0.25, -0.2) is 0 Å². The maximum Gasteiger partial charge on any atom is 0.153 e. The van der Waals surface area contributed by atoms with Crippen LogP contribution >= 0.6 is 0 Å². The van der Waals surface area contributed by atoms with E-state index in [1.165, 1.54) is 0 Å². The zero-order valence-electron chi connectivity index (χ0n) is 18.7. The number of rotatable bonds is 7. The van der Waals surface area contributed by atoms with E-state index in [1.807, 2.05) is 69.3 Å². The molecule has 2 unspecified atom stereocenters. The molecule has 0 radical (unpaired) electrons. The van der Waals surface area contributed by atoms with Gasteiger partial charge in [0.05, 0.1) is 12.6 Å². The van der Waals surface area contributed by atoms with Gasteiger partial charge in [-0.3, -0.25) is 4.79 Å². The second kappa shape index (κ2) is 13.4. The summed E-state index contributed by atoms with van der Waals surface area (Å²) >= 11 is 0. The number of hydrogen-bond donors (Lipinski definition) is 3. The van der Waals surface area contributed by atoms with Crippen molar-refractivity contribution >= 4 is 11.5 Å². The molecule has 2 aromatic rings. The van der Waals surface area contributed by atoms with Gasteiger partial charge in [-0.15, -0.1) is 0 Å². The maximum absolute atomic E-state index is 11.9. The van der Waals surface area contributed by atoms with Gasteiger partial charge in [0.2, 0.25) is 0 Å². The number of allylic oxidation sites excluding steroid dienone is 1. The molecule has 0 saturated heterocycles. The fourth-order valence-corrected chi connectivity index (χ4v) is 2.81. The lowest BCUT2D eigenvalue weighted by molar-refractivity contribution is -0.119. The van der Waals surface area contributed by atoms with Crippen LogP contribution in [-0.4, -0.2) is 23.0 Å². The van der Waals surface area contributed by atoms with Crippen molar-refractivity contribution in [1.82, 2.24) is 5.32 Å². The molecule has 4 heteroatoms. The lowest BCUT2D eigenvalue weighted by Crippen LogP contribution is -2.47. The van der Waals surface area contributed by atoms with E-state index >= 15 is 0 Å². The van der Waals surface area contributed by atoms with Crippen molar-refractivity contribution in [1.29, 1.82) is 0 Å². The van der Waals surface area contributed by atoms with Crippen LogP contribution in [0.1, 0.15) is 63.3 Å². The molecule has 160 valence electrons. The van der Waals surface area contributed by atoms with Gasteiger partial charge in [-0.1, -0.05) is 63.0 Å². The normalized spacial score (nSPS) is 12.6. The number of aliphatic hydroxyl groups is 1. The first-order valence-electron chi connectivity index (χ1n) is 10.5. The van der Waals surface area contributed by atoms with Crippen molar-refractivity contribution in [2.24, 2.45) is 5.73 Å². The summed E-state index contributed by atoms with van der Waals surface area (Å²) in [6.07, 6.45) is 2.90. The molecule has 0 spiro atoms. The Morgan fingerprint density at radius 3 is 1.97 bits per heavy atom. The van der Waals surface area contributed by atoms with Gasteiger partial charge < -0.3 is 16.2 Å². The van der Waals surface area contributed by atoms with Crippen LogP contribution in [0.4, 0.5) is 0 Å². The molecule has 0 aliphatic carbocycles. The summed E-state index contributed by atoms with van der Waals surface area (Å²) in [5.74, 6) is 6.29. The molecule has 0 aliphatic heterocycles. The smallest absolute Gasteiger partial charge is 0.153 e. The molecule has 2 rings (SSSR count). The number of carbonyl (C=O) groups excluding carboxylic acids is 1. The molecule has 0 amide bonds. The standard InChI is InChI=1S/C24H28N2O2.C2H6/c1-4-5-23(26-24(17(2)25)18(3)28)22-14-12-20(13-15-22)7-6-19-8-10-21(16-27)11-9-19;1-2/h5,8-15,17,24,26-27H,4,16,25H2,1-3H3;1-2H3/b23-5+;. The van der Waals surface area contributed by atoms with Gasteiger partial charge in [-0.05, 0) is 55.7 Å². The summed E-state index contributed by atoms with van der Waals surface area (Å²) in [6.45, 7) is 9.47. The number of Topliss-reactive ketones (excluding diaryl/α,β-unsaturated/α-hetero) is 1. The van der Waals surface area contributed by atoms with Crippen LogP contribution in [-0.2, 0) is 11.4 Å². The Balaban J connectivity index is 0.00000218. The summed E-state index contributed by atoms with van der Waals surface area (Å²) in [5.41, 5.74) is 10.5. The third kappa shape index (κ3) is 7.87. The number of ketones is 1. The van der Waals surface area contributed by atoms with Crippen LogP contribution < -0.4 is 11.1 Å². The number of carbonyl (C=O) groups is 1. The zero-order chi connectivity index (χ0) is 22.5. The Morgan fingerprint density at radius 2 is 1.57 bits per heavy atom. The van der Waals surface area contributed by atoms with Gasteiger partial charge in [0.1, 0.15) is 0 Å². The van der Waals surface area contributed by atoms with Crippen molar-refractivity contribution in [3.8, 4) is 11.8 Å². The summed E-state index contributed by atoms with van der Waals surface area (Å²) in [5, 5.41) is 12.4. The third-order valence-electron chi connectivity index (χ3n) is 4.37. The number of aliphatic hydroxyl groups excluding tert-OH is 1. The average Bonchev–Trinajstić information content (AvgIpc) is 2.76. The second-order valence-electron chi connectivity index (χ2n) is 6.80. The van der Waals surface area contributed by atoms with Gasteiger partial charge in [0, 0.05) is 22.9 Å². The zero-order valence-corrected chi connectivity index (χ0v) is 18.7. The van der Waals surface area contributed by atoms with Crippen molar-refractivity contribution in [3.05, 3.63) is 76.9 Å². The molecule has 4 N–H and O–H groups in total.